The molecule has 2 nitrogen and oxygen atoms in total. The summed E-state index contributed by atoms with van der Waals surface area (Å²) in [4.78, 5) is 1.99. The van der Waals surface area contributed by atoms with Gasteiger partial charge in [-0.25, -0.2) is 0 Å². The molecule has 3 heteroatoms. The van der Waals surface area contributed by atoms with E-state index >= 15 is 0 Å². The van der Waals surface area contributed by atoms with E-state index in [-0.39, 0.29) is 0 Å². The van der Waals surface area contributed by atoms with Crippen LogP contribution in [0.3, 0.4) is 0 Å². The van der Waals surface area contributed by atoms with Gasteiger partial charge in [-0.2, -0.15) is 0 Å². The molecular formula is C9H17NOS. The zero-order valence-corrected chi connectivity index (χ0v) is 8.91. The highest BCUT2D eigenvalue weighted by atomic mass is 32.1. The monoisotopic (exact) mass is 187 g/mol. The lowest BCUT2D eigenvalue weighted by Gasteiger charge is -2.22. The van der Waals surface area contributed by atoms with Crippen molar-refractivity contribution in [2.45, 2.75) is 20.8 Å². The van der Waals surface area contributed by atoms with E-state index in [1.54, 1.807) is 0 Å². The van der Waals surface area contributed by atoms with Crippen LogP contribution in [-0.2, 0) is 4.74 Å². The van der Waals surface area contributed by atoms with Gasteiger partial charge in [-0.05, 0) is 33.0 Å². The van der Waals surface area contributed by atoms with Gasteiger partial charge in [0.15, 0.2) is 0 Å². The zero-order valence-electron chi connectivity index (χ0n) is 8.09. The summed E-state index contributed by atoms with van der Waals surface area (Å²) in [6.45, 7) is 12.1. The summed E-state index contributed by atoms with van der Waals surface area (Å²) < 4.78 is 5.21. The smallest absolute Gasteiger partial charge is 0.259 e. The lowest BCUT2D eigenvalue weighted by Crippen LogP contribution is -2.32. The average molecular weight is 187 g/mol. The van der Waals surface area contributed by atoms with E-state index in [1.807, 2.05) is 25.7 Å². The van der Waals surface area contributed by atoms with E-state index in [2.05, 4.69) is 6.58 Å². The number of ether oxygens (including phenoxy) is 1. The number of likely N-dealkylation sites (N-methyl/N-ethyl adjacent to an activating group) is 1. The minimum Gasteiger partial charge on any atom is -0.471 e. The molecular weight excluding hydrogens is 170 g/mol. The van der Waals surface area contributed by atoms with Crippen molar-refractivity contribution in [3.05, 3.63) is 12.2 Å². The predicted molar refractivity (Wildman–Crippen MR) is 56.3 cm³/mol. The van der Waals surface area contributed by atoms with Gasteiger partial charge >= 0.3 is 0 Å². The zero-order chi connectivity index (χ0) is 9.56. The first-order chi connectivity index (χ1) is 5.61. The first-order valence-corrected chi connectivity index (χ1v) is 4.58. The highest BCUT2D eigenvalue weighted by molar-refractivity contribution is 7.80. The molecule has 0 unspecified atom stereocenters. The van der Waals surface area contributed by atoms with E-state index in [0.29, 0.717) is 11.8 Å². The van der Waals surface area contributed by atoms with Crippen LogP contribution >= 0.6 is 12.2 Å². The molecule has 0 amide bonds. The second-order valence-corrected chi connectivity index (χ2v) is 3.02. The minimum atomic E-state index is 0.572. The molecule has 0 radical (unpaired) electrons. The van der Waals surface area contributed by atoms with Crippen LogP contribution in [0.4, 0.5) is 0 Å². The lowest BCUT2D eigenvalue weighted by atomic mass is 10.3. The second-order valence-electron chi connectivity index (χ2n) is 2.67. The fourth-order valence-corrected chi connectivity index (χ4v) is 1.16. The Labute approximate surface area is 80.2 Å². The number of hydrogen-bond donors (Lipinski definition) is 0. The molecule has 0 saturated heterocycles. The van der Waals surface area contributed by atoms with Crippen molar-refractivity contribution in [3.63, 3.8) is 0 Å². The average Bonchev–Trinajstić information content (AvgIpc) is 2.00. The Kier molecular flexibility index (Phi) is 5.72. The largest absolute Gasteiger partial charge is 0.471 e. The SMILES string of the molecule is C=C(C)CN(CC)C(=S)OCC. The Bertz CT molecular complexity index is 168. The van der Waals surface area contributed by atoms with Crippen molar-refractivity contribution in [1.82, 2.24) is 4.90 Å². The molecule has 0 aromatic heterocycles. The fourth-order valence-electron chi connectivity index (χ4n) is 0.846. The molecule has 0 aromatic rings. The molecule has 0 aromatic carbocycles. The molecule has 0 rings (SSSR count). The number of thiocarbonyl (C=S) groups is 1. The fraction of sp³-hybridized carbons (Fsp3) is 0.667. The van der Waals surface area contributed by atoms with Crippen LogP contribution in [0, 0.1) is 0 Å². The molecule has 70 valence electrons. The van der Waals surface area contributed by atoms with E-state index in [0.717, 1.165) is 18.7 Å². The maximum Gasteiger partial charge on any atom is 0.259 e. The molecule has 0 bridgehead atoms. The Morgan fingerprint density at radius 2 is 2.08 bits per heavy atom. The van der Waals surface area contributed by atoms with Gasteiger partial charge in [0.05, 0.1) is 6.61 Å². The Balaban J connectivity index is 3.96. The second kappa shape index (κ2) is 6.00. The van der Waals surface area contributed by atoms with Crippen LogP contribution in [0.25, 0.3) is 0 Å². The Morgan fingerprint density at radius 1 is 1.50 bits per heavy atom. The molecule has 0 saturated carbocycles. The van der Waals surface area contributed by atoms with Crippen molar-refractivity contribution in [2.75, 3.05) is 19.7 Å². The molecule has 0 fully saturated rings. The highest BCUT2D eigenvalue weighted by Crippen LogP contribution is 1.99. The molecule has 12 heavy (non-hydrogen) atoms. The van der Waals surface area contributed by atoms with Gasteiger partial charge in [0.2, 0.25) is 0 Å². The predicted octanol–water partition coefficient (Wildman–Crippen LogP) is 2.21. The van der Waals surface area contributed by atoms with Gasteiger partial charge in [0.1, 0.15) is 0 Å². The van der Waals surface area contributed by atoms with Gasteiger partial charge in [-0.3, -0.25) is 0 Å². The maximum atomic E-state index is 5.21. The standard InChI is InChI=1S/C9H17NOS/c1-5-10(7-8(3)4)9(12)11-6-2/h3,5-7H2,1-2,4H3. The van der Waals surface area contributed by atoms with Crippen LogP contribution in [0.1, 0.15) is 20.8 Å². The van der Waals surface area contributed by atoms with Crippen LogP contribution in [-0.4, -0.2) is 29.8 Å². The van der Waals surface area contributed by atoms with E-state index in [1.165, 1.54) is 0 Å². The molecule has 0 atom stereocenters. The van der Waals surface area contributed by atoms with Crippen LogP contribution in [0.5, 0.6) is 0 Å². The first kappa shape index (κ1) is 11.4. The summed E-state index contributed by atoms with van der Waals surface area (Å²) in [5.41, 5.74) is 1.10. The summed E-state index contributed by atoms with van der Waals surface area (Å²) in [5, 5.41) is 0.572. The van der Waals surface area contributed by atoms with Gasteiger partial charge in [-0.15, -0.1) is 0 Å². The van der Waals surface area contributed by atoms with E-state index < -0.39 is 0 Å². The number of rotatable bonds is 4. The maximum absolute atomic E-state index is 5.21. The summed E-state index contributed by atoms with van der Waals surface area (Å²) in [6, 6.07) is 0. The quantitative estimate of drug-likeness (QED) is 0.494. The highest BCUT2D eigenvalue weighted by Gasteiger charge is 2.06. The Morgan fingerprint density at radius 3 is 2.42 bits per heavy atom. The molecule has 0 aliphatic rings. The summed E-state index contributed by atoms with van der Waals surface area (Å²) in [6.07, 6.45) is 0. The van der Waals surface area contributed by atoms with E-state index in [9.17, 15) is 0 Å². The number of hydrogen-bond acceptors (Lipinski definition) is 2. The van der Waals surface area contributed by atoms with E-state index in [4.69, 9.17) is 17.0 Å². The van der Waals surface area contributed by atoms with Gasteiger partial charge in [-0.1, -0.05) is 12.2 Å². The molecule has 0 N–H and O–H groups in total. The third kappa shape index (κ3) is 4.34. The van der Waals surface area contributed by atoms with Crippen LogP contribution < -0.4 is 0 Å². The van der Waals surface area contributed by atoms with Crippen molar-refractivity contribution in [2.24, 2.45) is 0 Å². The topological polar surface area (TPSA) is 12.5 Å². The summed E-state index contributed by atoms with van der Waals surface area (Å²) in [7, 11) is 0. The normalized spacial score (nSPS) is 9.25. The van der Waals surface area contributed by atoms with Gasteiger partial charge < -0.3 is 9.64 Å². The third-order valence-corrected chi connectivity index (χ3v) is 1.74. The first-order valence-electron chi connectivity index (χ1n) is 4.17. The van der Waals surface area contributed by atoms with Crippen molar-refractivity contribution >= 4 is 17.4 Å². The number of nitrogens with zero attached hydrogens (tertiary/aromatic N) is 1. The molecule has 0 aliphatic carbocycles. The van der Waals surface area contributed by atoms with Crippen molar-refractivity contribution < 1.29 is 4.74 Å². The van der Waals surface area contributed by atoms with Crippen molar-refractivity contribution in [1.29, 1.82) is 0 Å². The minimum absolute atomic E-state index is 0.572. The molecule has 0 heterocycles. The molecule has 0 spiro atoms. The van der Waals surface area contributed by atoms with Crippen molar-refractivity contribution in [3.8, 4) is 0 Å². The van der Waals surface area contributed by atoms with Gasteiger partial charge in [0.25, 0.3) is 5.17 Å². The third-order valence-electron chi connectivity index (χ3n) is 1.37. The molecule has 0 aliphatic heterocycles. The lowest BCUT2D eigenvalue weighted by molar-refractivity contribution is 0.266. The van der Waals surface area contributed by atoms with Gasteiger partial charge in [0, 0.05) is 13.1 Å². The van der Waals surface area contributed by atoms with Crippen LogP contribution in [0.2, 0.25) is 0 Å². The Hall–Kier alpha value is -0.570. The summed E-state index contributed by atoms with van der Waals surface area (Å²) in [5.74, 6) is 0. The van der Waals surface area contributed by atoms with Crippen LogP contribution in [0.15, 0.2) is 12.2 Å². The summed E-state index contributed by atoms with van der Waals surface area (Å²) >= 11 is 5.05.